The van der Waals surface area contributed by atoms with Gasteiger partial charge in [0.15, 0.2) is 0 Å². The molecule has 0 unspecified atom stereocenters. The minimum atomic E-state index is 0. The summed E-state index contributed by atoms with van der Waals surface area (Å²) in [6.45, 7) is 0. The molecule has 0 amide bonds. The molecule has 0 aliphatic rings. The Morgan fingerprint density at radius 2 is 1.35 bits per heavy atom. The monoisotopic (exact) mass is 733 g/mol. The van der Waals surface area contributed by atoms with Crippen LogP contribution < -0.4 is 0 Å². The molecule has 0 fully saturated rings. The number of para-hydroxylation sites is 1. The van der Waals surface area contributed by atoms with Crippen LogP contribution in [0.25, 0.3) is 72.0 Å². The van der Waals surface area contributed by atoms with Crippen molar-refractivity contribution < 1.29 is 26.2 Å². The van der Waals surface area contributed by atoms with Gasteiger partial charge in [0.1, 0.15) is 11.4 Å². The Morgan fingerprint density at radius 3 is 2.23 bits per heavy atom. The molecule has 8 rings (SSSR count). The zero-order valence-electron chi connectivity index (χ0n) is 22.9. The van der Waals surface area contributed by atoms with Crippen LogP contribution in [0.2, 0.25) is 0 Å². The molecule has 1 N–H and O–H groups in total. The van der Waals surface area contributed by atoms with E-state index >= 15 is 0 Å². The molecule has 5 aromatic carbocycles. The summed E-state index contributed by atoms with van der Waals surface area (Å²) in [5.41, 5.74) is 7.99. The van der Waals surface area contributed by atoms with Crippen LogP contribution in [-0.4, -0.2) is 19.6 Å². The third-order valence-electron chi connectivity index (χ3n) is 7.83. The molecule has 0 aliphatic carbocycles. The van der Waals surface area contributed by atoms with Crippen LogP contribution in [0.4, 0.5) is 0 Å². The van der Waals surface area contributed by atoms with E-state index in [0.717, 1.165) is 66.3 Å². The largest absolute Gasteiger partial charge is 0.507 e. The summed E-state index contributed by atoms with van der Waals surface area (Å²) in [6, 6.07) is 48.4. The molecular weight excluding hydrogens is 710 g/mol. The van der Waals surface area contributed by atoms with E-state index in [-0.39, 0.29) is 26.8 Å². The fourth-order valence-corrected chi connectivity index (χ4v) is 5.90. The molecule has 0 atom stereocenters. The molecule has 5 heteroatoms. The van der Waals surface area contributed by atoms with Crippen molar-refractivity contribution in [1.29, 1.82) is 0 Å². The van der Waals surface area contributed by atoms with Crippen molar-refractivity contribution in [2.75, 3.05) is 0 Å². The van der Waals surface area contributed by atoms with Crippen LogP contribution >= 0.6 is 0 Å². The number of aromatic hydroxyl groups is 1. The first-order valence-corrected chi connectivity index (χ1v) is 13.9. The maximum Gasteiger partial charge on any atom is 0.144 e. The Bertz CT molecular complexity index is 2220. The summed E-state index contributed by atoms with van der Waals surface area (Å²) in [4.78, 5) is 9.88. The van der Waals surface area contributed by atoms with Gasteiger partial charge in [-0.3, -0.25) is 4.98 Å². The van der Waals surface area contributed by atoms with E-state index in [2.05, 4.69) is 77.4 Å². The minimum absolute atomic E-state index is 0. The summed E-state index contributed by atoms with van der Waals surface area (Å²) < 4.78 is 2.16. The summed E-state index contributed by atoms with van der Waals surface area (Å²) in [7, 11) is 0. The Morgan fingerprint density at radius 1 is 0.605 bits per heavy atom. The van der Waals surface area contributed by atoms with E-state index in [1.807, 2.05) is 66.9 Å². The summed E-state index contributed by atoms with van der Waals surface area (Å²) in [5.74, 6) is 0.200. The van der Waals surface area contributed by atoms with Gasteiger partial charge in [0.2, 0.25) is 0 Å². The summed E-state index contributed by atoms with van der Waals surface area (Å²) >= 11 is 0. The molecule has 8 aromatic rings. The third-order valence-corrected chi connectivity index (χ3v) is 7.83. The van der Waals surface area contributed by atoms with E-state index in [0.29, 0.717) is 5.69 Å². The zero-order valence-corrected chi connectivity index (χ0v) is 25.2. The number of nitrogens with zero attached hydrogens (tertiary/aromatic N) is 3. The second-order valence-corrected chi connectivity index (χ2v) is 10.3. The Kier molecular flexibility index (Phi) is 6.85. The topological polar surface area (TPSA) is 50.9 Å². The van der Waals surface area contributed by atoms with Gasteiger partial charge in [0.05, 0.1) is 11.2 Å². The Hall–Kier alpha value is -5.05. The third kappa shape index (κ3) is 4.61. The van der Waals surface area contributed by atoms with Gasteiger partial charge in [0.25, 0.3) is 0 Å². The molecular formula is C38H24N3OPt-. The molecule has 3 heterocycles. The van der Waals surface area contributed by atoms with Crippen molar-refractivity contribution >= 4 is 32.7 Å². The molecule has 0 saturated carbocycles. The van der Waals surface area contributed by atoms with Crippen LogP contribution in [0.5, 0.6) is 5.75 Å². The van der Waals surface area contributed by atoms with Crippen LogP contribution in [0.15, 0.2) is 140 Å². The molecule has 0 saturated heterocycles. The van der Waals surface area contributed by atoms with Gasteiger partial charge in [-0.25, -0.2) is 4.98 Å². The average Bonchev–Trinajstić information content (AvgIpc) is 3.39. The fourth-order valence-electron chi connectivity index (χ4n) is 5.90. The molecule has 0 bridgehead atoms. The molecule has 4 nitrogen and oxygen atoms in total. The first-order valence-electron chi connectivity index (χ1n) is 13.9. The number of benzene rings is 5. The average molecular weight is 734 g/mol. The molecule has 0 aliphatic heterocycles. The number of phenols is 1. The smallest absolute Gasteiger partial charge is 0.144 e. The second kappa shape index (κ2) is 11.0. The number of hydrogen-bond donors (Lipinski definition) is 1. The van der Waals surface area contributed by atoms with Gasteiger partial charge in [-0.2, -0.15) is 0 Å². The molecule has 0 radical (unpaired) electrons. The van der Waals surface area contributed by atoms with Crippen molar-refractivity contribution in [3.63, 3.8) is 0 Å². The van der Waals surface area contributed by atoms with E-state index in [1.54, 1.807) is 6.07 Å². The minimum Gasteiger partial charge on any atom is -0.507 e. The zero-order chi connectivity index (χ0) is 28.0. The number of hydrogen-bond acceptors (Lipinski definition) is 3. The van der Waals surface area contributed by atoms with E-state index < -0.39 is 0 Å². The van der Waals surface area contributed by atoms with Crippen molar-refractivity contribution in [2.45, 2.75) is 0 Å². The predicted octanol–water partition coefficient (Wildman–Crippen LogP) is 9.23. The molecule has 43 heavy (non-hydrogen) atoms. The van der Waals surface area contributed by atoms with Gasteiger partial charge in [-0.15, -0.1) is 29.8 Å². The number of aromatic nitrogens is 3. The first-order chi connectivity index (χ1) is 20.7. The van der Waals surface area contributed by atoms with Crippen LogP contribution in [0.1, 0.15) is 0 Å². The van der Waals surface area contributed by atoms with Crippen LogP contribution in [-0.2, 0) is 21.1 Å². The van der Waals surface area contributed by atoms with Gasteiger partial charge in [-0.05, 0) is 63.6 Å². The number of fused-ring (bicyclic) bond motifs is 4. The van der Waals surface area contributed by atoms with Gasteiger partial charge < -0.3 is 9.67 Å². The maximum absolute atomic E-state index is 11.1. The SMILES string of the molecule is Oc1ccc2ccccc2c1-c1cc(-c2ccccc2)cc(-c2[c-]c(-n3c4ccccc4c4cccnc43)ccc2)n1.[Pt]. The predicted molar refractivity (Wildman–Crippen MR) is 171 cm³/mol. The van der Waals surface area contributed by atoms with Crippen molar-refractivity contribution in [3.8, 4) is 45.1 Å². The second-order valence-electron chi connectivity index (χ2n) is 10.3. The molecule has 0 spiro atoms. The van der Waals surface area contributed by atoms with Crippen LogP contribution in [0.3, 0.4) is 0 Å². The summed E-state index contributed by atoms with van der Waals surface area (Å²) in [5, 5.41) is 15.4. The molecule has 3 aromatic heterocycles. The Labute approximate surface area is 263 Å². The fraction of sp³-hybridized carbons (Fsp3) is 0. The Balaban J connectivity index is 0.00000300. The van der Waals surface area contributed by atoms with Crippen LogP contribution in [0, 0.1) is 6.07 Å². The normalized spacial score (nSPS) is 11.2. The van der Waals surface area contributed by atoms with Crippen molar-refractivity contribution in [1.82, 2.24) is 14.5 Å². The van der Waals surface area contributed by atoms with E-state index in [9.17, 15) is 5.11 Å². The van der Waals surface area contributed by atoms with E-state index in [4.69, 9.17) is 9.97 Å². The number of rotatable bonds is 4. The molecule has 208 valence electrons. The van der Waals surface area contributed by atoms with E-state index in [1.165, 1.54) is 0 Å². The number of pyridine rings is 2. The standard InChI is InChI=1S/C38H24N3O.Pt/c42-36-20-19-26-12-4-5-15-30(26)37(36)34-24-28(25-10-2-1-3-11-25)23-33(40-34)27-13-8-14-29(22-27)41-35-18-7-6-16-31(35)32-17-9-21-39-38(32)41;/h1-21,23-24,42H;/q-1;. The quantitative estimate of drug-likeness (QED) is 0.184. The van der Waals surface area contributed by atoms with Gasteiger partial charge in [-0.1, -0.05) is 84.9 Å². The number of phenolic OH excluding ortho intramolecular Hbond substituents is 1. The van der Waals surface area contributed by atoms with Gasteiger partial charge in [0, 0.05) is 43.6 Å². The van der Waals surface area contributed by atoms with Gasteiger partial charge >= 0.3 is 0 Å². The van der Waals surface area contributed by atoms with Crippen molar-refractivity contribution in [3.05, 3.63) is 146 Å². The summed E-state index contributed by atoms with van der Waals surface area (Å²) in [6.07, 6.45) is 1.83. The first kappa shape index (κ1) is 26.8. The van der Waals surface area contributed by atoms with Crippen molar-refractivity contribution in [2.24, 2.45) is 0 Å². The maximum atomic E-state index is 11.1.